The number of nitrogens with one attached hydrogen (secondary N) is 2. The minimum atomic E-state index is -4.17. The van der Waals surface area contributed by atoms with Crippen molar-refractivity contribution < 1.29 is 22.6 Å². The number of benzene rings is 1. The zero-order chi connectivity index (χ0) is 21.7. The Morgan fingerprint density at radius 1 is 1.17 bits per heavy atom. The Kier molecular flexibility index (Phi) is 14.9. The third kappa shape index (κ3) is 13.1. The Morgan fingerprint density at radius 3 is 2.53 bits per heavy atom. The van der Waals surface area contributed by atoms with Crippen molar-refractivity contribution in [2.24, 2.45) is 4.99 Å². The average Bonchev–Trinajstić information content (AvgIpc) is 2.64. The molecule has 30 heavy (non-hydrogen) atoms. The summed E-state index contributed by atoms with van der Waals surface area (Å²) < 4.78 is 47.9. The van der Waals surface area contributed by atoms with Gasteiger partial charge in [0, 0.05) is 45.8 Å². The number of hydrogen-bond donors (Lipinski definition) is 2. The minimum Gasteiger partial charge on any atom is -0.493 e. The van der Waals surface area contributed by atoms with E-state index in [-0.39, 0.29) is 24.0 Å². The number of aliphatic imine (C=N–C) groups is 1. The topological polar surface area (TPSA) is 58.1 Å². The number of hydrogen-bond acceptors (Lipinski definition) is 4. The summed E-state index contributed by atoms with van der Waals surface area (Å²) in [5.41, 5.74) is 2.11. The molecule has 0 aliphatic rings. The summed E-state index contributed by atoms with van der Waals surface area (Å²) in [6.45, 7) is 3.72. The first-order valence-corrected chi connectivity index (χ1v) is 9.66. The van der Waals surface area contributed by atoms with Crippen LogP contribution in [0.15, 0.2) is 23.2 Å². The zero-order valence-electron chi connectivity index (χ0n) is 18.1. The van der Waals surface area contributed by atoms with E-state index in [0.717, 1.165) is 23.3 Å². The molecule has 1 aromatic rings. The molecule has 0 saturated heterocycles. The Labute approximate surface area is 194 Å². The van der Waals surface area contributed by atoms with E-state index in [4.69, 9.17) is 9.47 Å². The molecule has 0 aromatic heterocycles. The van der Waals surface area contributed by atoms with Crippen LogP contribution in [0.3, 0.4) is 0 Å². The van der Waals surface area contributed by atoms with E-state index in [2.05, 4.69) is 15.6 Å². The van der Waals surface area contributed by atoms with Gasteiger partial charge >= 0.3 is 6.18 Å². The van der Waals surface area contributed by atoms with Gasteiger partial charge in [-0.2, -0.15) is 13.2 Å². The van der Waals surface area contributed by atoms with E-state index in [1.807, 2.05) is 25.1 Å². The summed E-state index contributed by atoms with van der Waals surface area (Å²) in [6, 6.07) is 6.02. The monoisotopic (exact) mass is 546 g/mol. The lowest BCUT2D eigenvalue weighted by molar-refractivity contribution is -0.143. The van der Waals surface area contributed by atoms with Crippen LogP contribution in [-0.4, -0.2) is 71.1 Å². The highest BCUT2D eigenvalue weighted by Gasteiger charge is 2.28. The lowest BCUT2D eigenvalue weighted by atomic mass is 10.1. The molecule has 1 rings (SSSR count). The third-order valence-corrected chi connectivity index (χ3v) is 4.10. The number of rotatable bonds is 12. The molecule has 2 N–H and O–H groups in total. The van der Waals surface area contributed by atoms with Gasteiger partial charge in [-0.1, -0.05) is 12.1 Å². The number of methoxy groups -OCH3 is 1. The van der Waals surface area contributed by atoms with Crippen LogP contribution >= 0.6 is 24.0 Å². The van der Waals surface area contributed by atoms with Crippen molar-refractivity contribution in [2.75, 3.05) is 54.1 Å². The molecule has 0 fully saturated rings. The standard InChI is InChI=1S/C20H33F3N4O2.HI/c1-16-7-8-17(18(13-16)29-12-6-11-28-4)14-26-19(24-2)25-9-5-10-27(3)15-20(21,22)23;/h7-8,13H,5-6,9-12,14-15H2,1-4H3,(H2,24,25,26);1H. The molecule has 0 aliphatic carbocycles. The molecule has 0 amide bonds. The highest BCUT2D eigenvalue weighted by Crippen LogP contribution is 2.20. The predicted molar refractivity (Wildman–Crippen MR) is 125 cm³/mol. The van der Waals surface area contributed by atoms with E-state index in [0.29, 0.717) is 45.2 Å². The van der Waals surface area contributed by atoms with Crippen molar-refractivity contribution in [1.82, 2.24) is 15.5 Å². The number of halogens is 4. The number of aryl methyl sites for hydroxylation is 1. The molecule has 0 heterocycles. The van der Waals surface area contributed by atoms with Crippen LogP contribution in [0.1, 0.15) is 24.0 Å². The second-order valence-electron chi connectivity index (χ2n) is 6.87. The molecule has 0 spiro atoms. The average molecular weight is 546 g/mol. The molecule has 0 unspecified atom stereocenters. The van der Waals surface area contributed by atoms with Crippen LogP contribution in [0.2, 0.25) is 0 Å². The maximum atomic E-state index is 12.3. The molecule has 0 radical (unpaired) electrons. The van der Waals surface area contributed by atoms with Gasteiger partial charge in [-0.25, -0.2) is 0 Å². The molecule has 0 saturated carbocycles. The van der Waals surface area contributed by atoms with E-state index >= 15 is 0 Å². The fourth-order valence-corrected chi connectivity index (χ4v) is 2.67. The van der Waals surface area contributed by atoms with Gasteiger partial charge in [0.05, 0.1) is 13.2 Å². The Balaban J connectivity index is 0.00000841. The quantitative estimate of drug-likeness (QED) is 0.182. The van der Waals surface area contributed by atoms with Crippen LogP contribution in [0.4, 0.5) is 13.2 Å². The molecular formula is C20H34F3IN4O2. The van der Waals surface area contributed by atoms with Crippen LogP contribution in [0.25, 0.3) is 0 Å². The van der Waals surface area contributed by atoms with Crippen molar-refractivity contribution in [3.05, 3.63) is 29.3 Å². The predicted octanol–water partition coefficient (Wildman–Crippen LogP) is 3.58. The summed E-state index contributed by atoms with van der Waals surface area (Å²) in [7, 11) is 4.78. The summed E-state index contributed by atoms with van der Waals surface area (Å²) in [5, 5.41) is 6.34. The first-order valence-electron chi connectivity index (χ1n) is 9.66. The number of alkyl halides is 3. The summed E-state index contributed by atoms with van der Waals surface area (Å²) in [6.07, 6.45) is -2.79. The first-order chi connectivity index (χ1) is 13.7. The van der Waals surface area contributed by atoms with Crippen LogP contribution in [-0.2, 0) is 11.3 Å². The van der Waals surface area contributed by atoms with Crippen molar-refractivity contribution in [3.8, 4) is 5.75 Å². The molecular weight excluding hydrogens is 512 g/mol. The van der Waals surface area contributed by atoms with Crippen LogP contribution in [0, 0.1) is 6.92 Å². The van der Waals surface area contributed by atoms with Gasteiger partial charge < -0.3 is 20.1 Å². The largest absolute Gasteiger partial charge is 0.493 e. The van der Waals surface area contributed by atoms with Crippen molar-refractivity contribution in [1.29, 1.82) is 0 Å². The van der Waals surface area contributed by atoms with Gasteiger partial charge in [-0.3, -0.25) is 9.89 Å². The fraction of sp³-hybridized carbons (Fsp3) is 0.650. The molecule has 1 aromatic carbocycles. The summed E-state index contributed by atoms with van der Waals surface area (Å²) in [5.74, 6) is 1.41. The Bertz CT molecular complexity index is 631. The molecule has 0 aliphatic heterocycles. The second-order valence-corrected chi connectivity index (χ2v) is 6.87. The number of guanidine groups is 1. The van der Waals surface area contributed by atoms with Crippen molar-refractivity contribution >= 4 is 29.9 Å². The van der Waals surface area contributed by atoms with Gasteiger partial charge in [0.25, 0.3) is 0 Å². The second kappa shape index (κ2) is 15.5. The van der Waals surface area contributed by atoms with Crippen LogP contribution in [0.5, 0.6) is 5.75 Å². The van der Waals surface area contributed by atoms with E-state index in [1.54, 1.807) is 14.2 Å². The van der Waals surface area contributed by atoms with Crippen molar-refractivity contribution in [3.63, 3.8) is 0 Å². The molecule has 6 nitrogen and oxygen atoms in total. The lowest BCUT2D eigenvalue weighted by Crippen LogP contribution is -2.39. The molecule has 174 valence electrons. The number of ether oxygens (including phenoxy) is 2. The van der Waals surface area contributed by atoms with Gasteiger partial charge in [-0.05, 0) is 38.6 Å². The molecule has 10 heteroatoms. The summed E-state index contributed by atoms with van der Waals surface area (Å²) in [4.78, 5) is 5.42. The molecule has 0 bridgehead atoms. The Hall–Kier alpha value is -1.27. The maximum Gasteiger partial charge on any atom is 0.401 e. The highest BCUT2D eigenvalue weighted by atomic mass is 127. The van der Waals surface area contributed by atoms with Crippen molar-refractivity contribution in [2.45, 2.75) is 32.5 Å². The third-order valence-electron chi connectivity index (χ3n) is 4.10. The van der Waals surface area contributed by atoms with Gasteiger partial charge in [0.2, 0.25) is 0 Å². The van der Waals surface area contributed by atoms with Gasteiger partial charge in [-0.15, -0.1) is 24.0 Å². The Morgan fingerprint density at radius 2 is 1.90 bits per heavy atom. The fourth-order valence-electron chi connectivity index (χ4n) is 2.67. The SMILES string of the molecule is CN=C(NCCCN(C)CC(F)(F)F)NCc1ccc(C)cc1OCCCOC.I. The molecule has 0 atom stereocenters. The zero-order valence-corrected chi connectivity index (χ0v) is 20.5. The lowest BCUT2D eigenvalue weighted by Gasteiger charge is -2.19. The summed E-state index contributed by atoms with van der Waals surface area (Å²) >= 11 is 0. The number of nitrogens with zero attached hydrogens (tertiary/aromatic N) is 2. The maximum absolute atomic E-state index is 12.3. The normalized spacial score (nSPS) is 11.9. The smallest absolute Gasteiger partial charge is 0.401 e. The van der Waals surface area contributed by atoms with E-state index < -0.39 is 12.7 Å². The first kappa shape index (κ1) is 28.7. The minimum absolute atomic E-state index is 0. The van der Waals surface area contributed by atoms with Gasteiger partial charge in [0.1, 0.15) is 5.75 Å². The highest BCUT2D eigenvalue weighted by molar-refractivity contribution is 14.0. The van der Waals surface area contributed by atoms with E-state index in [1.165, 1.54) is 11.9 Å². The van der Waals surface area contributed by atoms with Crippen LogP contribution < -0.4 is 15.4 Å². The van der Waals surface area contributed by atoms with Gasteiger partial charge in [0.15, 0.2) is 5.96 Å². The van der Waals surface area contributed by atoms with E-state index in [9.17, 15) is 13.2 Å².